The van der Waals surface area contributed by atoms with Crippen LogP contribution in [0.2, 0.25) is 0 Å². The van der Waals surface area contributed by atoms with Gasteiger partial charge in [-0.1, -0.05) is 6.07 Å². The fourth-order valence-corrected chi connectivity index (χ4v) is 3.04. The van der Waals surface area contributed by atoms with Crippen LogP contribution < -0.4 is 15.2 Å². The number of anilines is 1. The van der Waals surface area contributed by atoms with Crippen molar-refractivity contribution in [3.63, 3.8) is 0 Å². The molecule has 2 aliphatic heterocycles. The highest BCUT2D eigenvalue weighted by Gasteiger charge is 2.22. The Morgan fingerprint density at radius 3 is 3.26 bits per heavy atom. The Kier molecular flexibility index (Phi) is 3.52. The number of ether oxygens (including phenoxy) is 1. The van der Waals surface area contributed by atoms with Crippen molar-refractivity contribution < 1.29 is 4.74 Å². The summed E-state index contributed by atoms with van der Waals surface area (Å²) < 4.78 is 13.2. The molecule has 102 valence electrons. The number of hydrogen-bond donors (Lipinski definition) is 2. The Hall–Kier alpha value is -1.40. The number of benzene rings is 1. The first-order valence-corrected chi connectivity index (χ1v) is 7.21. The zero-order chi connectivity index (χ0) is 13.2. The van der Waals surface area contributed by atoms with E-state index in [1.807, 2.05) is 18.2 Å². The van der Waals surface area contributed by atoms with Crippen molar-refractivity contribution in [2.75, 3.05) is 31.5 Å². The molecule has 2 heterocycles. The molecule has 1 aromatic carbocycles. The van der Waals surface area contributed by atoms with E-state index in [-0.39, 0.29) is 0 Å². The number of nitrogens with zero attached hydrogens (tertiary/aromatic N) is 2. The van der Waals surface area contributed by atoms with Crippen LogP contribution in [0.25, 0.3) is 0 Å². The average Bonchev–Trinajstić information content (AvgIpc) is 2.82. The highest BCUT2D eigenvalue weighted by molar-refractivity contribution is 7.99. The van der Waals surface area contributed by atoms with Crippen molar-refractivity contribution in [1.29, 1.82) is 0 Å². The lowest BCUT2D eigenvalue weighted by atomic mass is 10.1. The first kappa shape index (κ1) is 12.6. The van der Waals surface area contributed by atoms with Crippen LogP contribution in [0.3, 0.4) is 0 Å². The molecule has 3 N–H and O–H groups in total. The Morgan fingerprint density at radius 1 is 1.58 bits per heavy atom. The molecule has 1 unspecified atom stereocenters. The topological polar surface area (TPSA) is 62.9 Å². The molecule has 0 aliphatic carbocycles. The zero-order valence-electron chi connectivity index (χ0n) is 10.9. The number of rotatable bonds is 3. The van der Waals surface area contributed by atoms with E-state index in [0.717, 1.165) is 36.7 Å². The fraction of sp³-hybridized carbons (Fsp3) is 0.462. The van der Waals surface area contributed by atoms with E-state index in [1.54, 1.807) is 0 Å². The molecule has 5 nitrogen and oxygen atoms in total. The van der Waals surface area contributed by atoms with Crippen LogP contribution in [-0.2, 0) is 0 Å². The number of nitrogens with two attached hydrogens (primary N) is 1. The number of likely N-dealkylation sites (tertiary alicyclic amines) is 1. The second kappa shape index (κ2) is 5.30. The Bertz CT molecular complexity index is 505. The summed E-state index contributed by atoms with van der Waals surface area (Å²) in [6, 6.07) is 5.92. The summed E-state index contributed by atoms with van der Waals surface area (Å²) in [6.07, 6.45) is 1.20. The molecule has 2 aliphatic rings. The summed E-state index contributed by atoms with van der Waals surface area (Å²) in [4.78, 5) is 2.34. The lowest BCUT2D eigenvalue weighted by molar-refractivity contribution is 0.249. The summed E-state index contributed by atoms with van der Waals surface area (Å²) >= 11 is 1.25. The van der Waals surface area contributed by atoms with Gasteiger partial charge in [-0.3, -0.25) is 0 Å². The highest BCUT2D eigenvalue weighted by Crippen LogP contribution is 2.32. The van der Waals surface area contributed by atoms with E-state index in [1.165, 1.54) is 18.6 Å². The molecule has 1 fully saturated rings. The van der Waals surface area contributed by atoms with E-state index < -0.39 is 0 Å². The van der Waals surface area contributed by atoms with Gasteiger partial charge in [-0.2, -0.15) is 4.40 Å². The predicted octanol–water partition coefficient (Wildman–Crippen LogP) is 1.71. The van der Waals surface area contributed by atoms with Gasteiger partial charge in [0.05, 0.1) is 30.0 Å². The molecule has 3 rings (SSSR count). The maximum atomic E-state index is 5.97. The van der Waals surface area contributed by atoms with E-state index >= 15 is 0 Å². The molecular formula is C13H18N4OS. The van der Waals surface area contributed by atoms with Gasteiger partial charge < -0.3 is 20.1 Å². The van der Waals surface area contributed by atoms with Crippen LogP contribution in [0.4, 0.5) is 5.69 Å². The molecule has 6 heteroatoms. The van der Waals surface area contributed by atoms with Crippen LogP contribution in [0.5, 0.6) is 5.75 Å². The quantitative estimate of drug-likeness (QED) is 0.824. The fourth-order valence-electron chi connectivity index (χ4n) is 2.54. The van der Waals surface area contributed by atoms with Gasteiger partial charge in [0.1, 0.15) is 11.6 Å². The van der Waals surface area contributed by atoms with Gasteiger partial charge in [0.15, 0.2) is 0 Å². The van der Waals surface area contributed by atoms with Crippen LogP contribution in [0.1, 0.15) is 12.0 Å². The predicted molar refractivity (Wildman–Crippen MR) is 79.5 cm³/mol. The van der Waals surface area contributed by atoms with Gasteiger partial charge >= 0.3 is 0 Å². The van der Waals surface area contributed by atoms with Crippen molar-refractivity contribution in [2.24, 2.45) is 16.0 Å². The van der Waals surface area contributed by atoms with Crippen LogP contribution >= 0.6 is 12.1 Å². The van der Waals surface area contributed by atoms with Crippen LogP contribution in [0.15, 0.2) is 22.6 Å². The molecular weight excluding hydrogens is 260 g/mol. The summed E-state index contributed by atoms with van der Waals surface area (Å²) in [5.41, 5.74) is 7.81. The van der Waals surface area contributed by atoms with Crippen LogP contribution in [-0.4, -0.2) is 37.5 Å². The normalized spacial score (nSPS) is 22.6. The third kappa shape index (κ3) is 2.64. The third-order valence-corrected chi connectivity index (χ3v) is 4.14. The highest BCUT2D eigenvalue weighted by atomic mass is 32.2. The van der Waals surface area contributed by atoms with Crippen molar-refractivity contribution in [3.05, 3.63) is 23.8 Å². The molecule has 0 aromatic heterocycles. The van der Waals surface area contributed by atoms with Crippen molar-refractivity contribution in [1.82, 2.24) is 4.90 Å². The number of nitrogens with one attached hydrogen (secondary N) is 1. The van der Waals surface area contributed by atoms with E-state index in [4.69, 9.17) is 10.5 Å². The lowest BCUT2D eigenvalue weighted by Crippen LogP contribution is -2.21. The third-order valence-electron chi connectivity index (χ3n) is 3.55. The maximum absolute atomic E-state index is 5.97. The molecule has 0 spiro atoms. The zero-order valence-corrected chi connectivity index (χ0v) is 11.7. The van der Waals surface area contributed by atoms with Crippen molar-refractivity contribution in [3.8, 4) is 5.75 Å². The second-order valence-electron chi connectivity index (χ2n) is 5.08. The Balaban J connectivity index is 1.73. The molecule has 0 amide bonds. The minimum Gasteiger partial charge on any atom is -0.492 e. The monoisotopic (exact) mass is 278 g/mol. The Morgan fingerprint density at radius 2 is 2.47 bits per heavy atom. The number of amidine groups is 1. The van der Waals surface area contributed by atoms with Crippen molar-refractivity contribution >= 4 is 23.7 Å². The van der Waals surface area contributed by atoms with Gasteiger partial charge in [0.2, 0.25) is 0 Å². The number of fused-ring (bicyclic) bond motifs is 1. The van der Waals surface area contributed by atoms with Gasteiger partial charge in [0.25, 0.3) is 0 Å². The van der Waals surface area contributed by atoms with Gasteiger partial charge in [-0.25, -0.2) is 0 Å². The van der Waals surface area contributed by atoms with Crippen molar-refractivity contribution in [2.45, 2.75) is 6.42 Å². The first-order valence-electron chi connectivity index (χ1n) is 6.44. The molecule has 1 aromatic rings. The molecule has 0 saturated carbocycles. The minimum absolute atomic E-state index is 0.526. The summed E-state index contributed by atoms with van der Waals surface area (Å²) in [5, 5.41) is 0. The first-order chi connectivity index (χ1) is 9.24. The number of hydrogen-bond acceptors (Lipinski definition) is 6. The summed E-state index contributed by atoms with van der Waals surface area (Å²) in [7, 11) is 2.15. The smallest absolute Gasteiger partial charge is 0.146 e. The van der Waals surface area contributed by atoms with Gasteiger partial charge in [0, 0.05) is 12.5 Å². The summed E-state index contributed by atoms with van der Waals surface area (Å²) in [6.45, 7) is 3.00. The minimum atomic E-state index is 0.526. The Labute approximate surface area is 117 Å². The lowest BCUT2D eigenvalue weighted by Gasteiger charge is -2.19. The second-order valence-corrected chi connectivity index (χ2v) is 5.65. The molecule has 0 radical (unpaired) electrons. The average molecular weight is 278 g/mol. The largest absolute Gasteiger partial charge is 0.492 e. The summed E-state index contributed by atoms with van der Waals surface area (Å²) in [5.74, 6) is 1.95. The molecule has 1 saturated heterocycles. The van der Waals surface area contributed by atoms with Crippen LogP contribution in [0, 0.1) is 5.92 Å². The SMILES string of the molecule is CN1CCC(COc2cccc3c2C(N)=NSN3)C1. The van der Waals surface area contributed by atoms with Gasteiger partial charge in [-0.15, -0.1) is 0 Å². The van der Waals surface area contributed by atoms with E-state index in [9.17, 15) is 0 Å². The standard InChI is InChI=1S/C13H18N4OS/c1-17-6-5-9(7-17)8-18-11-4-2-3-10-12(11)13(14)16-19-15-10/h2-4,9,15H,5-8H2,1H3,(H2,14,16). The molecule has 19 heavy (non-hydrogen) atoms. The van der Waals surface area contributed by atoms with E-state index in [2.05, 4.69) is 21.1 Å². The molecule has 1 atom stereocenters. The maximum Gasteiger partial charge on any atom is 0.146 e. The van der Waals surface area contributed by atoms with Gasteiger partial charge in [-0.05, 0) is 32.1 Å². The van der Waals surface area contributed by atoms with E-state index in [0.29, 0.717) is 11.8 Å². The molecule has 0 bridgehead atoms.